The van der Waals surface area contributed by atoms with Gasteiger partial charge in [-0.3, -0.25) is 9.36 Å². The van der Waals surface area contributed by atoms with Crippen LogP contribution in [-0.2, 0) is 9.53 Å². The zero-order valence-corrected chi connectivity index (χ0v) is 23.8. The van der Waals surface area contributed by atoms with Crippen LogP contribution < -0.4 is 19.6 Å². The molecule has 0 aliphatic carbocycles. The van der Waals surface area contributed by atoms with Gasteiger partial charge in [0, 0.05) is 16.0 Å². The van der Waals surface area contributed by atoms with Crippen molar-refractivity contribution in [1.82, 2.24) is 4.57 Å². The van der Waals surface area contributed by atoms with E-state index < -0.39 is 12.0 Å². The molecule has 2 heterocycles. The number of thioether (sulfide) groups is 1. The van der Waals surface area contributed by atoms with E-state index in [1.165, 1.54) is 11.3 Å². The number of carbonyl (C=O) groups is 1. The quantitative estimate of drug-likeness (QED) is 0.157. The van der Waals surface area contributed by atoms with Gasteiger partial charge in [0.1, 0.15) is 12.4 Å². The van der Waals surface area contributed by atoms with Crippen molar-refractivity contribution in [2.24, 2.45) is 4.99 Å². The Balaban J connectivity index is 1.79. The average molecular weight is 569 g/mol. The van der Waals surface area contributed by atoms with Crippen LogP contribution in [0.3, 0.4) is 0 Å². The molecule has 0 saturated carbocycles. The highest BCUT2D eigenvalue weighted by Crippen LogP contribution is 2.35. The van der Waals surface area contributed by atoms with Crippen molar-refractivity contribution in [3.05, 3.63) is 133 Å². The Kier molecular flexibility index (Phi) is 8.48. The van der Waals surface area contributed by atoms with Crippen LogP contribution in [0.15, 0.2) is 112 Å². The Morgan fingerprint density at radius 3 is 2.50 bits per heavy atom. The molecule has 6 nitrogen and oxygen atoms in total. The van der Waals surface area contributed by atoms with Crippen LogP contribution in [0.2, 0.25) is 0 Å². The molecule has 3 aromatic carbocycles. The minimum atomic E-state index is -0.712. The van der Waals surface area contributed by atoms with E-state index in [1.54, 1.807) is 29.3 Å². The summed E-state index contributed by atoms with van der Waals surface area (Å²) in [5, 5.41) is 0. The molecule has 40 heavy (non-hydrogen) atoms. The van der Waals surface area contributed by atoms with Crippen molar-refractivity contribution < 1.29 is 14.3 Å². The SMILES string of the molecule is C=CCOc1ccccc1C=c1sc2n(c1=O)[C@H](c1ccc(SC)cc1)C(C(=O)OCC)=C(c1ccccc1)N=2. The fourth-order valence-electron chi connectivity index (χ4n) is 4.56. The number of aromatic nitrogens is 1. The minimum Gasteiger partial charge on any atom is -0.489 e. The van der Waals surface area contributed by atoms with E-state index in [0.717, 1.165) is 21.6 Å². The van der Waals surface area contributed by atoms with Gasteiger partial charge in [-0.1, -0.05) is 84.7 Å². The van der Waals surface area contributed by atoms with E-state index >= 15 is 0 Å². The predicted molar refractivity (Wildman–Crippen MR) is 161 cm³/mol. The zero-order valence-electron chi connectivity index (χ0n) is 22.2. The van der Waals surface area contributed by atoms with Crippen LogP contribution in [0, 0.1) is 0 Å². The van der Waals surface area contributed by atoms with Gasteiger partial charge in [0.2, 0.25) is 0 Å². The first-order valence-corrected chi connectivity index (χ1v) is 14.8. The molecule has 8 heteroatoms. The molecule has 0 fully saturated rings. The fourth-order valence-corrected chi connectivity index (χ4v) is 5.96. The summed E-state index contributed by atoms with van der Waals surface area (Å²) < 4.78 is 13.4. The highest BCUT2D eigenvalue weighted by atomic mass is 32.2. The number of thiazole rings is 1. The summed E-state index contributed by atoms with van der Waals surface area (Å²) >= 11 is 2.91. The lowest BCUT2D eigenvalue weighted by Crippen LogP contribution is -2.40. The summed E-state index contributed by atoms with van der Waals surface area (Å²) in [5.41, 5.74) is 2.93. The summed E-state index contributed by atoms with van der Waals surface area (Å²) in [6.45, 7) is 6.04. The minimum absolute atomic E-state index is 0.203. The Labute approximate surface area is 240 Å². The van der Waals surface area contributed by atoms with E-state index in [0.29, 0.717) is 33.0 Å². The number of benzene rings is 3. The number of fused-ring (bicyclic) bond motifs is 1. The van der Waals surface area contributed by atoms with Gasteiger partial charge >= 0.3 is 5.97 Å². The van der Waals surface area contributed by atoms with Crippen LogP contribution in [0.4, 0.5) is 0 Å². The second-order valence-corrected chi connectivity index (χ2v) is 10.7. The standard InChI is InChI=1S/C32H28N2O4S2/c1-4-19-38-25-14-10-9-13-23(25)20-26-30(35)34-29(22-15-17-24(39-3)18-16-22)27(31(36)37-5-2)28(33-32(34)40-26)21-11-7-6-8-12-21/h4,6-18,20,29H,1,5,19H2,2-3H3/t29-/m1/s1. The first-order valence-electron chi connectivity index (χ1n) is 12.8. The second-order valence-electron chi connectivity index (χ2n) is 8.84. The third-order valence-electron chi connectivity index (χ3n) is 6.37. The van der Waals surface area contributed by atoms with Gasteiger partial charge in [0.05, 0.1) is 28.5 Å². The maximum absolute atomic E-state index is 14.1. The van der Waals surface area contributed by atoms with Gasteiger partial charge < -0.3 is 9.47 Å². The Hall–Kier alpha value is -4.14. The molecule has 1 aliphatic heterocycles. The van der Waals surface area contributed by atoms with Crippen molar-refractivity contribution in [2.45, 2.75) is 17.9 Å². The zero-order chi connectivity index (χ0) is 28.1. The predicted octanol–water partition coefficient (Wildman–Crippen LogP) is 5.22. The molecule has 1 aromatic heterocycles. The molecular weight excluding hydrogens is 540 g/mol. The van der Waals surface area contributed by atoms with Gasteiger partial charge in [0.15, 0.2) is 4.80 Å². The summed E-state index contributed by atoms with van der Waals surface area (Å²) in [4.78, 5) is 34.1. The molecular formula is C32H28N2O4S2. The second kappa shape index (κ2) is 12.4. The number of hydrogen-bond acceptors (Lipinski definition) is 7. The van der Waals surface area contributed by atoms with E-state index in [2.05, 4.69) is 6.58 Å². The first-order chi connectivity index (χ1) is 19.5. The first kappa shape index (κ1) is 27.4. The Morgan fingerprint density at radius 2 is 1.80 bits per heavy atom. The fraction of sp³-hybridized carbons (Fsp3) is 0.156. The molecule has 1 aliphatic rings. The topological polar surface area (TPSA) is 69.9 Å². The molecule has 202 valence electrons. The molecule has 1 atom stereocenters. The maximum Gasteiger partial charge on any atom is 0.338 e. The molecule has 0 saturated heterocycles. The summed E-state index contributed by atoms with van der Waals surface area (Å²) in [6, 6.07) is 24.3. The number of rotatable bonds is 9. The normalized spacial score (nSPS) is 14.8. The van der Waals surface area contributed by atoms with E-state index in [4.69, 9.17) is 14.5 Å². The summed E-state index contributed by atoms with van der Waals surface area (Å²) in [6.07, 6.45) is 5.49. The van der Waals surface area contributed by atoms with E-state index in [-0.39, 0.29) is 12.2 Å². The van der Waals surface area contributed by atoms with E-state index in [9.17, 15) is 9.59 Å². The number of ether oxygens (including phenoxy) is 2. The number of para-hydroxylation sites is 1. The molecule has 4 aromatic rings. The molecule has 0 radical (unpaired) electrons. The van der Waals surface area contributed by atoms with Crippen molar-refractivity contribution in [2.75, 3.05) is 19.5 Å². The number of carbonyl (C=O) groups excluding carboxylic acids is 1. The lowest BCUT2D eigenvalue weighted by atomic mass is 9.93. The molecule has 5 rings (SSSR count). The molecule has 0 N–H and O–H groups in total. The van der Waals surface area contributed by atoms with Crippen LogP contribution in [-0.4, -0.2) is 30.0 Å². The number of hydrogen-bond donors (Lipinski definition) is 0. The third kappa shape index (κ3) is 5.46. The van der Waals surface area contributed by atoms with Crippen LogP contribution >= 0.6 is 23.1 Å². The van der Waals surface area contributed by atoms with Crippen molar-refractivity contribution in [1.29, 1.82) is 0 Å². The molecule has 0 unspecified atom stereocenters. The van der Waals surface area contributed by atoms with Gasteiger partial charge in [-0.2, -0.15) is 0 Å². The lowest BCUT2D eigenvalue weighted by molar-refractivity contribution is -0.138. The van der Waals surface area contributed by atoms with Gasteiger partial charge in [-0.15, -0.1) is 11.8 Å². The summed E-state index contributed by atoms with van der Waals surface area (Å²) in [5.74, 6) is 0.149. The summed E-state index contributed by atoms with van der Waals surface area (Å²) in [7, 11) is 0. The smallest absolute Gasteiger partial charge is 0.338 e. The molecule has 0 spiro atoms. The van der Waals surface area contributed by atoms with Crippen molar-refractivity contribution in [3.63, 3.8) is 0 Å². The lowest BCUT2D eigenvalue weighted by Gasteiger charge is -2.26. The highest BCUT2D eigenvalue weighted by Gasteiger charge is 2.35. The molecule has 0 amide bonds. The maximum atomic E-state index is 14.1. The number of esters is 1. The van der Waals surface area contributed by atoms with Crippen molar-refractivity contribution in [3.8, 4) is 5.75 Å². The Morgan fingerprint density at radius 1 is 1.07 bits per heavy atom. The van der Waals surface area contributed by atoms with E-state index in [1.807, 2.05) is 91.2 Å². The third-order valence-corrected chi connectivity index (χ3v) is 8.09. The number of nitrogens with zero attached hydrogens (tertiary/aromatic N) is 2. The van der Waals surface area contributed by atoms with Gasteiger partial charge in [-0.05, 0) is 43.0 Å². The van der Waals surface area contributed by atoms with Crippen molar-refractivity contribution >= 4 is 40.8 Å². The van der Waals surface area contributed by atoms with Crippen LogP contribution in [0.25, 0.3) is 11.8 Å². The Bertz CT molecular complexity index is 1750. The van der Waals surface area contributed by atoms with Gasteiger partial charge in [0.25, 0.3) is 5.56 Å². The monoisotopic (exact) mass is 568 g/mol. The average Bonchev–Trinajstić information content (AvgIpc) is 3.30. The van der Waals surface area contributed by atoms with Crippen LogP contribution in [0.5, 0.6) is 5.75 Å². The van der Waals surface area contributed by atoms with Gasteiger partial charge in [-0.25, -0.2) is 9.79 Å². The molecule has 0 bridgehead atoms. The van der Waals surface area contributed by atoms with Crippen LogP contribution in [0.1, 0.15) is 29.7 Å². The largest absolute Gasteiger partial charge is 0.489 e. The highest BCUT2D eigenvalue weighted by molar-refractivity contribution is 7.98.